The molecular weight excluding hydrogens is 359 g/mol. The predicted molar refractivity (Wildman–Crippen MR) is 104 cm³/mol. The number of nitrogens with zero attached hydrogens (tertiary/aromatic N) is 5. The lowest BCUT2D eigenvalue weighted by Gasteiger charge is -2.32. The average Bonchev–Trinajstić information content (AvgIpc) is 3.26. The van der Waals surface area contributed by atoms with Crippen LogP contribution in [0.4, 0.5) is 15.9 Å². The summed E-state index contributed by atoms with van der Waals surface area (Å²) in [6.07, 6.45) is 6.68. The molecule has 2 aromatic heterocycles. The number of aromatic nitrogens is 4. The minimum absolute atomic E-state index is 0.102. The first-order valence-electron chi connectivity index (χ1n) is 9.24. The molecule has 28 heavy (non-hydrogen) atoms. The zero-order chi connectivity index (χ0) is 19.5. The number of hydrogen-bond acceptors (Lipinski definition) is 5. The van der Waals surface area contributed by atoms with E-state index < -0.39 is 0 Å². The van der Waals surface area contributed by atoms with E-state index >= 15 is 0 Å². The molecule has 1 N–H and O–H groups in total. The Kier molecular flexibility index (Phi) is 5.01. The second kappa shape index (κ2) is 7.75. The van der Waals surface area contributed by atoms with Gasteiger partial charge in [-0.3, -0.25) is 4.79 Å². The maximum Gasteiger partial charge on any atom is 0.229 e. The lowest BCUT2D eigenvalue weighted by Crippen LogP contribution is -2.41. The van der Waals surface area contributed by atoms with Gasteiger partial charge in [-0.1, -0.05) is 6.07 Å². The van der Waals surface area contributed by atoms with Crippen LogP contribution in [0.25, 0.3) is 5.82 Å². The summed E-state index contributed by atoms with van der Waals surface area (Å²) in [5, 5.41) is 7.02. The second-order valence-corrected chi connectivity index (χ2v) is 6.92. The fourth-order valence-corrected chi connectivity index (χ4v) is 3.35. The minimum Gasteiger partial charge on any atom is -0.356 e. The molecule has 8 heteroatoms. The highest BCUT2D eigenvalue weighted by Gasteiger charge is 2.27. The van der Waals surface area contributed by atoms with E-state index in [1.807, 2.05) is 18.3 Å². The zero-order valence-corrected chi connectivity index (χ0v) is 15.5. The highest BCUT2D eigenvalue weighted by atomic mass is 19.1. The summed E-state index contributed by atoms with van der Waals surface area (Å²) in [5.74, 6) is 0.821. The number of rotatable bonds is 4. The van der Waals surface area contributed by atoms with Gasteiger partial charge >= 0.3 is 0 Å². The van der Waals surface area contributed by atoms with Crippen LogP contribution in [-0.4, -0.2) is 38.7 Å². The smallest absolute Gasteiger partial charge is 0.229 e. The van der Waals surface area contributed by atoms with Crippen molar-refractivity contribution in [1.82, 2.24) is 19.7 Å². The summed E-state index contributed by atoms with van der Waals surface area (Å²) in [6, 6.07) is 8.43. The molecule has 1 fully saturated rings. The Labute approximate surface area is 162 Å². The number of halogens is 1. The first kappa shape index (κ1) is 18.1. The van der Waals surface area contributed by atoms with E-state index in [9.17, 15) is 9.18 Å². The van der Waals surface area contributed by atoms with Crippen molar-refractivity contribution in [2.75, 3.05) is 23.3 Å². The molecule has 7 nitrogen and oxygen atoms in total. The molecule has 1 aromatic carbocycles. The van der Waals surface area contributed by atoms with Gasteiger partial charge in [0, 0.05) is 37.2 Å². The number of aryl methyl sites for hydroxylation is 1. The van der Waals surface area contributed by atoms with Crippen molar-refractivity contribution in [3.05, 3.63) is 60.4 Å². The van der Waals surface area contributed by atoms with Crippen LogP contribution in [0, 0.1) is 18.7 Å². The number of carbonyl (C=O) groups is 1. The largest absolute Gasteiger partial charge is 0.356 e. The monoisotopic (exact) mass is 380 g/mol. The Morgan fingerprint density at radius 3 is 2.89 bits per heavy atom. The van der Waals surface area contributed by atoms with E-state index in [0.717, 1.165) is 25.2 Å². The highest BCUT2D eigenvalue weighted by molar-refractivity contribution is 5.93. The van der Waals surface area contributed by atoms with Gasteiger partial charge in [-0.05, 0) is 43.5 Å². The molecule has 144 valence electrons. The molecule has 3 heterocycles. The summed E-state index contributed by atoms with van der Waals surface area (Å²) in [4.78, 5) is 23.4. The molecule has 0 spiro atoms. The Morgan fingerprint density at radius 1 is 1.25 bits per heavy atom. The van der Waals surface area contributed by atoms with Gasteiger partial charge in [0.25, 0.3) is 0 Å². The van der Waals surface area contributed by atoms with E-state index in [1.165, 1.54) is 12.4 Å². The van der Waals surface area contributed by atoms with E-state index in [0.29, 0.717) is 23.6 Å². The molecule has 1 aliphatic heterocycles. The highest BCUT2D eigenvalue weighted by Crippen LogP contribution is 2.24. The molecule has 1 aliphatic rings. The van der Waals surface area contributed by atoms with Crippen molar-refractivity contribution in [3.63, 3.8) is 0 Å². The fourth-order valence-electron chi connectivity index (χ4n) is 3.35. The zero-order valence-electron chi connectivity index (χ0n) is 15.5. The third kappa shape index (κ3) is 3.85. The summed E-state index contributed by atoms with van der Waals surface area (Å²) in [5.41, 5.74) is 1.03. The van der Waals surface area contributed by atoms with Crippen LogP contribution in [-0.2, 0) is 4.79 Å². The van der Waals surface area contributed by atoms with E-state index in [1.54, 1.807) is 29.9 Å². The number of benzene rings is 1. The van der Waals surface area contributed by atoms with Crippen molar-refractivity contribution in [2.24, 2.45) is 5.92 Å². The lowest BCUT2D eigenvalue weighted by atomic mass is 9.97. The van der Waals surface area contributed by atoms with Crippen LogP contribution >= 0.6 is 0 Å². The van der Waals surface area contributed by atoms with Crippen molar-refractivity contribution in [1.29, 1.82) is 0 Å². The Hall–Kier alpha value is -3.29. The molecule has 1 unspecified atom stereocenters. The molecule has 0 bridgehead atoms. The van der Waals surface area contributed by atoms with Crippen LogP contribution < -0.4 is 10.2 Å². The van der Waals surface area contributed by atoms with E-state index in [2.05, 4.69) is 25.3 Å². The molecule has 0 radical (unpaired) electrons. The fraction of sp³-hybridized carbons (Fsp3) is 0.300. The Bertz CT molecular complexity index is 975. The quantitative estimate of drug-likeness (QED) is 0.753. The number of hydrogen-bond donors (Lipinski definition) is 1. The number of anilines is 2. The molecule has 1 atom stereocenters. The minimum atomic E-state index is -0.324. The second-order valence-electron chi connectivity index (χ2n) is 6.92. The first-order valence-corrected chi connectivity index (χ1v) is 9.24. The van der Waals surface area contributed by atoms with Gasteiger partial charge < -0.3 is 10.2 Å². The first-order chi connectivity index (χ1) is 13.6. The van der Waals surface area contributed by atoms with Crippen molar-refractivity contribution < 1.29 is 9.18 Å². The van der Waals surface area contributed by atoms with Gasteiger partial charge in [0.1, 0.15) is 18.0 Å². The van der Waals surface area contributed by atoms with Crippen LogP contribution in [0.15, 0.2) is 49.1 Å². The van der Waals surface area contributed by atoms with Gasteiger partial charge in [-0.25, -0.2) is 19.0 Å². The van der Waals surface area contributed by atoms with Gasteiger partial charge in [0.05, 0.1) is 5.92 Å². The van der Waals surface area contributed by atoms with Crippen molar-refractivity contribution in [3.8, 4) is 5.82 Å². The van der Waals surface area contributed by atoms with Gasteiger partial charge in [0.15, 0.2) is 5.82 Å². The Morgan fingerprint density at radius 2 is 2.11 bits per heavy atom. The van der Waals surface area contributed by atoms with Crippen molar-refractivity contribution >= 4 is 17.4 Å². The summed E-state index contributed by atoms with van der Waals surface area (Å²) in [7, 11) is 0. The molecule has 1 saturated heterocycles. The summed E-state index contributed by atoms with van der Waals surface area (Å²) < 4.78 is 15.4. The lowest BCUT2D eigenvalue weighted by molar-refractivity contribution is -0.120. The number of nitrogens with one attached hydrogen (secondary N) is 1. The average molecular weight is 380 g/mol. The molecule has 3 aromatic rings. The normalized spacial score (nSPS) is 16.8. The SMILES string of the molecule is Cc1ccc(NC(=O)C2CCCN(c3cc(-n4cccn4)ncn3)C2)cc1F. The van der Waals surface area contributed by atoms with E-state index in [4.69, 9.17) is 0 Å². The van der Waals surface area contributed by atoms with Crippen molar-refractivity contribution in [2.45, 2.75) is 19.8 Å². The maximum atomic E-state index is 13.7. The van der Waals surface area contributed by atoms with Crippen LogP contribution in [0.2, 0.25) is 0 Å². The van der Waals surface area contributed by atoms with E-state index in [-0.39, 0.29) is 17.6 Å². The standard InChI is InChI=1S/C20H21FN6O/c1-14-5-6-16(10-17(14)21)25-20(28)15-4-2-8-26(12-15)18-11-19(23-13-22-18)27-9-3-7-24-27/h3,5-7,9-11,13,15H,2,4,8,12H2,1H3,(H,25,28). The molecule has 0 aliphatic carbocycles. The predicted octanol–water partition coefficient (Wildman–Crippen LogP) is 2.96. The van der Waals surface area contributed by atoms with Gasteiger partial charge in [0.2, 0.25) is 5.91 Å². The summed E-state index contributed by atoms with van der Waals surface area (Å²) in [6.45, 7) is 3.06. The maximum absolute atomic E-state index is 13.7. The van der Waals surface area contributed by atoms with Crippen LogP contribution in [0.3, 0.4) is 0 Å². The third-order valence-corrected chi connectivity index (χ3v) is 4.93. The number of carbonyl (C=O) groups excluding carboxylic acids is 1. The van der Waals surface area contributed by atoms with Crippen LogP contribution in [0.5, 0.6) is 0 Å². The number of amides is 1. The van der Waals surface area contributed by atoms with Gasteiger partial charge in [-0.15, -0.1) is 0 Å². The molecule has 0 saturated carbocycles. The molecular formula is C20H21FN6O. The number of piperidine rings is 1. The van der Waals surface area contributed by atoms with Gasteiger partial charge in [-0.2, -0.15) is 5.10 Å². The molecule has 1 amide bonds. The van der Waals surface area contributed by atoms with Crippen LogP contribution in [0.1, 0.15) is 18.4 Å². The Balaban J connectivity index is 1.46. The summed E-state index contributed by atoms with van der Waals surface area (Å²) >= 11 is 0. The third-order valence-electron chi connectivity index (χ3n) is 4.93. The molecule has 4 rings (SSSR count). The topological polar surface area (TPSA) is 75.9 Å².